The lowest BCUT2D eigenvalue weighted by atomic mass is 9.82. The van der Waals surface area contributed by atoms with E-state index in [2.05, 4.69) is 42.7 Å². The van der Waals surface area contributed by atoms with Crippen molar-refractivity contribution in [1.82, 2.24) is 10.9 Å². The fraction of sp³-hybridized carbons (Fsp3) is 0.286. The Morgan fingerprint density at radius 2 is 1.68 bits per heavy atom. The minimum Gasteiger partial charge on any atom is -0.494 e. The molecule has 200 valence electrons. The molecule has 4 rings (SSSR count). The van der Waals surface area contributed by atoms with Gasteiger partial charge in [-0.15, -0.1) is 0 Å². The molecule has 0 saturated carbocycles. The molecule has 0 aromatic heterocycles. The van der Waals surface area contributed by atoms with Crippen LogP contribution in [0.15, 0.2) is 86.7 Å². The van der Waals surface area contributed by atoms with Crippen LogP contribution in [-0.2, 0) is 16.0 Å². The first kappa shape index (κ1) is 28.2. The van der Waals surface area contributed by atoms with Crippen molar-refractivity contribution in [2.24, 2.45) is 4.99 Å². The van der Waals surface area contributed by atoms with E-state index >= 15 is 0 Å². The average Bonchev–Trinajstić information content (AvgIpc) is 3.31. The zero-order chi connectivity index (χ0) is 27.0. The molecular weight excluding hydrogens is 621 g/mol. The molecule has 1 heterocycles. The number of nitrogens with one attached hydrogen (secondary N) is 2. The van der Waals surface area contributed by atoms with Gasteiger partial charge in [0.15, 0.2) is 11.6 Å². The first-order valence-electron chi connectivity index (χ1n) is 12.1. The summed E-state index contributed by atoms with van der Waals surface area (Å²) in [6, 6.07) is 22.5. The fourth-order valence-electron chi connectivity index (χ4n) is 4.13. The van der Waals surface area contributed by atoms with Gasteiger partial charge < -0.3 is 14.6 Å². The van der Waals surface area contributed by atoms with Crippen molar-refractivity contribution >= 4 is 43.7 Å². The number of carbonyl (C=O) groups is 1. The predicted molar refractivity (Wildman–Crippen MR) is 151 cm³/mol. The van der Waals surface area contributed by atoms with Crippen LogP contribution in [0.3, 0.4) is 0 Å². The standard InChI is InChI=1S/C28H28Br2FN3O4/c29-22-8-2-19(3-9-22)18-28(27(36)34-32-15-14-31)25(20-4-10-23(30)11-5-20)38-26(33-28)21-6-12-24(13-7-21)37-17-1-16-35/h2-13,25,32,35H,1,14-18H2,(H,34,36)/t25-,28-/m0/s1. The molecule has 0 saturated heterocycles. The highest BCUT2D eigenvalue weighted by atomic mass is 79.9. The Hall–Kier alpha value is -2.79. The highest BCUT2D eigenvalue weighted by molar-refractivity contribution is 9.10. The maximum Gasteiger partial charge on any atom is 0.266 e. The van der Waals surface area contributed by atoms with Gasteiger partial charge in [-0.3, -0.25) is 10.2 Å². The molecule has 2 atom stereocenters. The summed E-state index contributed by atoms with van der Waals surface area (Å²) >= 11 is 6.93. The lowest BCUT2D eigenvalue weighted by Gasteiger charge is -2.31. The largest absolute Gasteiger partial charge is 0.494 e. The van der Waals surface area contributed by atoms with E-state index in [1.807, 2.05) is 60.7 Å². The minimum atomic E-state index is -1.38. The van der Waals surface area contributed by atoms with Gasteiger partial charge in [0.05, 0.1) is 6.61 Å². The normalized spacial score (nSPS) is 18.5. The van der Waals surface area contributed by atoms with E-state index in [4.69, 9.17) is 19.6 Å². The number of aliphatic imine (C=N–C) groups is 1. The highest BCUT2D eigenvalue weighted by Crippen LogP contribution is 2.42. The number of hydrogen-bond donors (Lipinski definition) is 3. The molecule has 0 fully saturated rings. The molecule has 7 nitrogen and oxygen atoms in total. The van der Waals surface area contributed by atoms with Crippen LogP contribution in [-0.4, -0.2) is 48.9 Å². The van der Waals surface area contributed by atoms with Crippen molar-refractivity contribution in [2.75, 3.05) is 26.4 Å². The van der Waals surface area contributed by atoms with Crippen molar-refractivity contribution in [3.8, 4) is 5.75 Å². The van der Waals surface area contributed by atoms with Gasteiger partial charge in [0.25, 0.3) is 5.91 Å². The maximum absolute atomic E-state index is 13.8. The van der Waals surface area contributed by atoms with Crippen LogP contribution in [0.2, 0.25) is 0 Å². The number of rotatable bonds is 12. The third kappa shape index (κ3) is 6.79. The highest BCUT2D eigenvalue weighted by Gasteiger charge is 2.53. The topological polar surface area (TPSA) is 92.2 Å². The van der Waals surface area contributed by atoms with E-state index in [1.165, 1.54) is 0 Å². The molecule has 3 aromatic rings. The molecule has 1 aliphatic rings. The summed E-state index contributed by atoms with van der Waals surface area (Å²) < 4.78 is 26.7. The first-order valence-corrected chi connectivity index (χ1v) is 13.7. The lowest BCUT2D eigenvalue weighted by Crippen LogP contribution is -2.54. The third-order valence-electron chi connectivity index (χ3n) is 6.01. The SMILES string of the molecule is O=C(NNCCF)[C@@]1(Cc2ccc(Br)cc2)N=C(c2ccc(OCCCO)cc2)O[C@H]1c1ccc(Br)cc1. The number of hydrazine groups is 1. The Morgan fingerprint density at radius 1 is 1.03 bits per heavy atom. The third-order valence-corrected chi connectivity index (χ3v) is 7.07. The summed E-state index contributed by atoms with van der Waals surface area (Å²) in [5.41, 5.74) is 6.26. The zero-order valence-electron chi connectivity index (χ0n) is 20.5. The second-order valence-corrected chi connectivity index (χ2v) is 10.5. The second-order valence-electron chi connectivity index (χ2n) is 8.71. The van der Waals surface area contributed by atoms with E-state index in [9.17, 15) is 9.18 Å². The Labute approximate surface area is 237 Å². The van der Waals surface area contributed by atoms with Crippen LogP contribution in [0.5, 0.6) is 5.75 Å². The number of carbonyl (C=O) groups excluding carboxylic acids is 1. The Balaban J connectivity index is 1.75. The molecular formula is C28H28Br2FN3O4. The van der Waals surface area contributed by atoms with E-state index in [0.717, 1.165) is 20.1 Å². The number of aliphatic hydroxyl groups is 1. The number of halogens is 3. The van der Waals surface area contributed by atoms with Crippen LogP contribution in [0.1, 0.15) is 29.2 Å². The van der Waals surface area contributed by atoms with Crippen molar-refractivity contribution in [1.29, 1.82) is 0 Å². The Kier molecular flexibility index (Phi) is 9.90. The molecule has 3 N–H and O–H groups in total. The van der Waals surface area contributed by atoms with E-state index in [-0.39, 0.29) is 19.6 Å². The van der Waals surface area contributed by atoms with Crippen LogP contribution < -0.4 is 15.6 Å². The Morgan fingerprint density at radius 3 is 2.32 bits per heavy atom. The van der Waals surface area contributed by atoms with Gasteiger partial charge >= 0.3 is 0 Å². The summed E-state index contributed by atoms with van der Waals surface area (Å²) in [5, 5.41) is 8.97. The van der Waals surface area contributed by atoms with Crippen LogP contribution in [0.4, 0.5) is 4.39 Å². The van der Waals surface area contributed by atoms with E-state index < -0.39 is 24.2 Å². The number of hydrogen-bond acceptors (Lipinski definition) is 6. The van der Waals surface area contributed by atoms with Gasteiger partial charge in [-0.25, -0.2) is 14.8 Å². The number of ether oxygens (including phenoxy) is 2. The lowest BCUT2D eigenvalue weighted by molar-refractivity contribution is -0.130. The molecule has 3 aromatic carbocycles. The molecule has 0 bridgehead atoms. The molecule has 1 aliphatic heterocycles. The van der Waals surface area contributed by atoms with Crippen molar-refractivity contribution in [3.63, 3.8) is 0 Å². The molecule has 0 unspecified atom stereocenters. The zero-order valence-corrected chi connectivity index (χ0v) is 23.7. The van der Waals surface area contributed by atoms with Crippen molar-refractivity contribution in [3.05, 3.63) is 98.4 Å². The molecule has 0 aliphatic carbocycles. The fourth-order valence-corrected chi connectivity index (χ4v) is 4.66. The average molecular weight is 649 g/mol. The van der Waals surface area contributed by atoms with E-state index in [0.29, 0.717) is 30.2 Å². The second kappa shape index (κ2) is 13.3. The molecule has 0 radical (unpaired) electrons. The van der Waals surface area contributed by atoms with Gasteiger partial charge in [0, 0.05) is 40.5 Å². The Bertz CT molecular complexity index is 1240. The molecule has 10 heteroatoms. The summed E-state index contributed by atoms with van der Waals surface area (Å²) in [4.78, 5) is 18.7. The number of nitrogens with zero attached hydrogens (tertiary/aromatic N) is 1. The van der Waals surface area contributed by atoms with Gasteiger partial charge in [0.2, 0.25) is 5.90 Å². The van der Waals surface area contributed by atoms with Crippen LogP contribution in [0.25, 0.3) is 0 Å². The van der Waals surface area contributed by atoms with Crippen LogP contribution in [0, 0.1) is 0 Å². The smallest absolute Gasteiger partial charge is 0.266 e. The predicted octanol–water partition coefficient (Wildman–Crippen LogP) is 5.06. The quantitative estimate of drug-likeness (QED) is 0.189. The van der Waals surface area contributed by atoms with Gasteiger partial charge in [-0.05, 0) is 59.7 Å². The van der Waals surface area contributed by atoms with Gasteiger partial charge in [-0.2, -0.15) is 0 Å². The summed E-state index contributed by atoms with van der Waals surface area (Å²) in [6.07, 6.45) is 0.0361. The first-order chi connectivity index (χ1) is 18.4. The molecule has 0 spiro atoms. The van der Waals surface area contributed by atoms with Crippen LogP contribution >= 0.6 is 31.9 Å². The summed E-state index contributed by atoms with van der Waals surface area (Å²) in [6.45, 7) is -0.198. The van der Waals surface area contributed by atoms with Gasteiger partial charge in [0.1, 0.15) is 12.4 Å². The maximum atomic E-state index is 13.8. The number of benzene rings is 3. The van der Waals surface area contributed by atoms with Crippen molar-refractivity contribution < 1.29 is 23.8 Å². The van der Waals surface area contributed by atoms with Gasteiger partial charge in [-0.1, -0.05) is 56.1 Å². The minimum absolute atomic E-state index is 0.0295. The number of amides is 1. The summed E-state index contributed by atoms with van der Waals surface area (Å²) in [7, 11) is 0. The number of alkyl halides is 1. The van der Waals surface area contributed by atoms with Crippen molar-refractivity contribution in [2.45, 2.75) is 24.5 Å². The molecule has 38 heavy (non-hydrogen) atoms. The monoisotopic (exact) mass is 647 g/mol. The van der Waals surface area contributed by atoms with E-state index in [1.54, 1.807) is 12.1 Å². The number of aliphatic hydroxyl groups excluding tert-OH is 1. The molecule has 1 amide bonds. The summed E-state index contributed by atoms with van der Waals surface area (Å²) in [5.74, 6) is 0.540.